The molecule has 4 heteroatoms. The first-order chi connectivity index (χ1) is 7.26. The molecule has 0 saturated carbocycles. The van der Waals surface area contributed by atoms with Crippen molar-refractivity contribution < 1.29 is 13.9 Å². The van der Waals surface area contributed by atoms with Gasteiger partial charge < -0.3 is 4.74 Å². The zero-order valence-corrected chi connectivity index (χ0v) is 9.35. The van der Waals surface area contributed by atoms with Gasteiger partial charge in [-0.15, -0.1) is 11.8 Å². The van der Waals surface area contributed by atoms with E-state index in [0.29, 0.717) is 18.5 Å². The first-order valence-corrected chi connectivity index (χ1v) is 5.62. The zero-order chi connectivity index (χ0) is 11.1. The van der Waals surface area contributed by atoms with Crippen molar-refractivity contribution in [1.29, 1.82) is 0 Å². The van der Waals surface area contributed by atoms with Crippen LogP contribution in [0.2, 0.25) is 0 Å². The third kappa shape index (κ3) is 4.44. The van der Waals surface area contributed by atoms with Crippen LogP contribution in [0, 0.1) is 5.82 Å². The Kier molecular flexibility index (Phi) is 5.36. The monoisotopic (exact) mass is 228 g/mol. The van der Waals surface area contributed by atoms with Gasteiger partial charge in [0, 0.05) is 29.9 Å². The van der Waals surface area contributed by atoms with Crippen LogP contribution in [-0.2, 0) is 4.74 Å². The van der Waals surface area contributed by atoms with Gasteiger partial charge >= 0.3 is 0 Å². The van der Waals surface area contributed by atoms with E-state index in [1.54, 1.807) is 13.2 Å². The van der Waals surface area contributed by atoms with Crippen LogP contribution in [-0.4, -0.2) is 25.8 Å². The van der Waals surface area contributed by atoms with Crippen molar-refractivity contribution in [3.05, 3.63) is 29.6 Å². The van der Waals surface area contributed by atoms with Gasteiger partial charge in [0.2, 0.25) is 0 Å². The number of aldehydes is 1. The van der Waals surface area contributed by atoms with E-state index in [1.807, 2.05) is 0 Å². The Labute approximate surface area is 92.8 Å². The van der Waals surface area contributed by atoms with E-state index < -0.39 is 0 Å². The molecule has 1 rings (SSSR count). The predicted molar refractivity (Wildman–Crippen MR) is 59.0 cm³/mol. The highest BCUT2D eigenvalue weighted by atomic mass is 32.2. The molecule has 0 aliphatic rings. The molecular formula is C11H13FO2S. The van der Waals surface area contributed by atoms with Gasteiger partial charge in [-0.1, -0.05) is 0 Å². The number of rotatable bonds is 6. The first kappa shape index (κ1) is 12.2. The van der Waals surface area contributed by atoms with Gasteiger partial charge in [-0.25, -0.2) is 4.39 Å². The lowest BCUT2D eigenvalue weighted by Crippen LogP contribution is -1.91. The topological polar surface area (TPSA) is 26.3 Å². The van der Waals surface area contributed by atoms with Crippen LogP contribution in [0.5, 0.6) is 0 Å². The summed E-state index contributed by atoms with van der Waals surface area (Å²) in [6.07, 6.45) is 1.57. The van der Waals surface area contributed by atoms with Crippen LogP contribution < -0.4 is 0 Å². The molecule has 0 aliphatic heterocycles. The third-order valence-electron chi connectivity index (χ3n) is 1.79. The Bertz CT molecular complexity index is 328. The van der Waals surface area contributed by atoms with E-state index in [4.69, 9.17) is 4.74 Å². The highest BCUT2D eigenvalue weighted by Crippen LogP contribution is 2.21. The lowest BCUT2D eigenvalue weighted by atomic mass is 10.2. The maximum atomic E-state index is 13.0. The lowest BCUT2D eigenvalue weighted by molar-refractivity contribution is 0.112. The summed E-state index contributed by atoms with van der Waals surface area (Å²) in [4.78, 5) is 11.3. The highest BCUT2D eigenvalue weighted by Gasteiger charge is 2.00. The molecule has 0 heterocycles. The minimum atomic E-state index is -0.367. The number of hydrogen-bond acceptors (Lipinski definition) is 3. The molecule has 0 aliphatic carbocycles. The number of methoxy groups -OCH3 is 1. The Balaban J connectivity index is 2.53. The Morgan fingerprint density at radius 1 is 1.47 bits per heavy atom. The van der Waals surface area contributed by atoms with Crippen LogP contribution in [0.15, 0.2) is 23.1 Å². The van der Waals surface area contributed by atoms with Crippen molar-refractivity contribution in [3.8, 4) is 0 Å². The maximum Gasteiger partial charge on any atom is 0.150 e. The largest absolute Gasteiger partial charge is 0.385 e. The number of carbonyl (C=O) groups is 1. The van der Waals surface area contributed by atoms with E-state index in [1.165, 1.54) is 23.9 Å². The van der Waals surface area contributed by atoms with Gasteiger partial charge in [0.05, 0.1) is 0 Å². The molecule has 0 aromatic heterocycles. The van der Waals surface area contributed by atoms with Gasteiger partial charge in [-0.3, -0.25) is 4.79 Å². The number of benzene rings is 1. The van der Waals surface area contributed by atoms with Crippen LogP contribution in [0.3, 0.4) is 0 Å². The summed E-state index contributed by atoms with van der Waals surface area (Å²) in [5, 5.41) is 0. The minimum Gasteiger partial charge on any atom is -0.385 e. The molecule has 0 radical (unpaired) electrons. The molecule has 1 aromatic rings. The molecule has 0 amide bonds. The predicted octanol–water partition coefficient (Wildman–Crippen LogP) is 2.77. The summed E-state index contributed by atoms with van der Waals surface area (Å²) in [5.74, 6) is 0.490. The van der Waals surface area contributed by atoms with E-state index in [2.05, 4.69) is 0 Å². The summed E-state index contributed by atoms with van der Waals surface area (Å²) < 4.78 is 17.9. The van der Waals surface area contributed by atoms with E-state index >= 15 is 0 Å². The molecule has 1 aromatic carbocycles. The molecule has 0 saturated heterocycles. The van der Waals surface area contributed by atoms with Gasteiger partial charge in [0.1, 0.15) is 12.1 Å². The van der Waals surface area contributed by atoms with E-state index in [-0.39, 0.29) is 5.82 Å². The maximum absolute atomic E-state index is 13.0. The number of halogens is 1. The summed E-state index contributed by atoms with van der Waals surface area (Å²) in [5.41, 5.74) is 0.379. The van der Waals surface area contributed by atoms with Crippen LogP contribution in [0.4, 0.5) is 4.39 Å². The van der Waals surface area contributed by atoms with Crippen molar-refractivity contribution in [2.45, 2.75) is 11.3 Å². The second-order valence-corrected chi connectivity index (χ2v) is 4.20. The molecule has 0 spiro atoms. The second-order valence-electron chi connectivity index (χ2n) is 3.03. The van der Waals surface area contributed by atoms with E-state index in [9.17, 15) is 9.18 Å². The second kappa shape index (κ2) is 6.58. The highest BCUT2D eigenvalue weighted by molar-refractivity contribution is 7.99. The molecule has 0 fully saturated rings. The van der Waals surface area contributed by atoms with Gasteiger partial charge in [-0.05, 0) is 24.6 Å². The molecule has 15 heavy (non-hydrogen) atoms. The third-order valence-corrected chi connectivity index (χ3v) is 2.85. The molecule has 0 atom stereocenters. The van der Waals surface area contributed by atoms with E-state index in [0.717, 1.165) is 17.1 Å². The number of hydrogen-bond donors (Lipinski definition) is 0. The average molecular weight is 228 g/mol. The van der Waals surface area contributed by atoms with Crippen LogP contribution in [0.1, 0.15) is 16.8 Å². The van der Waals surface area contributed by atoms with Crippen LogP contribution in [0.25, 0.3) is 0 Å². The quantitative estimate of drug-likeness (QED) is 0.425. The molecule has 82 valence electrons. The summed E-state index contributed by atoms with van der Waals surface area (Å²) in [7, 11) is 1.65. The summed E-state index contributed by atoms with van der Waals surface area (Å²) in [6.45, 7) is 0.697. The number of thioether (sulfide) groups is 1. The summed E-state index contributed by atoms with van der Waals surface area (Å²) in [6, 6.07) is 4.35. The van der Waals surface area contributed by atoms with Gasteiger partial charge in [0.15, 0.2) is 0 Å². The zero-order valence-electron chi connectivity index (χ0n) is 8.53. The van der Waals surface area contributed by atoms with Crippen LogP contribution >= 0.6 is 11.8 Å². The molecule has 0 unspecified atom stereocenters. The Morgan fingerprint density at radius 2 is 2.27 bits per heavy atom. The van der Waals surface area contributed by atoms with Crippen molar-refractivity contribution in [1.82, 2.24) is 0 Å². The SMILES string of the molecule is COCCCSc1cc(F)cc(C=O)c1. The van der Waals surface area contributed by atoms with Crippen molar-refractivity contribution in [3.63, 3.8) is 0 Å². The first-order valence-electron chi connectivity index (χ1n) is 4.64. The fourth-order valence-electron chi connectivity index (χ4n) is 1.13. The van der Waals surface area contributed by atoms with Crippen molar-refractivity contribution in [2.75, 3.05) is 19.5 Å². The van der Waals surface area contributed by atoms with Crippen molar-refractivity contribution in [2.24, 2.45) is 0 Å². The Hall–Kier alpha value is -0.870. The summed E-state index contributed by atoms with van der Waals surface area (Å²) >= 11 is 1.53. The smallest absolute Gasteiger partial charge is 0.150 e. The lowest BCUT2D eigenvalue weighted by Gasteiger charge is -2.02. The Morgan fingerprint density at radius 3 is 2.93 bits per heavy atom. The fourth-order valence-corrected chi connectivity index (χ4v) is 2.04. The molecule has 2 nitrogen and oxygen atoms in total. The molecule has 0 bridgehead atoms. The van der Waals surface area contributed by atoms with Gasteiger partial charge in [-0.2, -0.15) is 0 Å². The van der Waals surface area contributed by atoms with Gasteiger partial charge in [0.25, 0.3) is 0 Å². The molecule has 0 N–H and O–H groups in total. The number of ether oxygens (including phenoxy) is 1. The standard InChI is InChI=1S/C11H13FO2S/c1-14-3-2-4-15-11-6-9(8-13)5-10(12)7-11/h5-8H,2-4H2,1H3. The average Bonchev–Trinajstić information content (AvgIpc) is 2.23. The molecular weight excluding hydrogens is 215 g/mol. The fraction of sp³-hybridized carbons (Fsp3) is 0.364. The van der Waals surface area contributed by atoms with Crippen molar-refractivity contribution >= 4 is 18.0 Å². The normalized spacial score (nSPS) is 10.3. The number of carbonyl (C=O) groups excluding carboxylic acids is 1. The minimum absolute atomic E-state index is 0.367.